The fraction of sp³-hybridized carbons (Fsp3) is 0.750. The molecule has 1 rings (SSSR count). The molecule has 1 saturated heterocycles. The zero-order valence-corrected chi connectivity index (χ0v) is 10.1. The molecule has 0 aromatic rings. The van der Waals surface area contributed by atoms with E-state index >= 15 is 0 Å². The predicted molar refractivity (Wildman–Crippen MR) is 58.4 cm³/mol. The number of hydrogen-bond acceptors (Lipinski definition) is 4. The maximum Gasteiger partial charge on any atom is 0.303 e. The summed E-state index contributed by atoms with van der Waals surface area (Å²) in [6.07, 6.45) is 4.32. The molecule has 4 nitrogen and oxygen atoms in total. The minimum Gasteiger partial charge on any atom is -0.457 e. The van der Waals surface area contributed by atoms with Gasteiger partial charge < -0.3 is 14.2 Å². The van der Waals surface area contributed by atoms with Gasteiger partial charge in [0.05, 0.1) is 6.10 Å². The van der Waals surface area contributed by atoms with Gasteiger partial charge in [-0.1, -0.05) is 6.92 Å². The average molecular weight is 226 g/mol. The molecular weight excluding hydrogens is 208 g/mol. The van der Waals surface area contributed by atoms with Gasteiger partial charge in [0.15, 0.2) is 12.4 Å². The first-order valence-electron chi connectivity index (χ1n) is 5.32. The lowest BCUT2D eigenvalue weighted by Gasteiger charge is -2.20. The van der Waals surface area contributed by atoms with Crippen LogP contribution >= 0.6 is 0 Å². The minimum atomic E-state index is -0.528. The summed E-state index contributed by atoms with van der Waals surface area (Å²) in [6.45, 7) is 5.23. The molecule has 0 aliphatic carbocycles. The zero-order chi connectivity index (χ0) is 12.3. The molecule has 2 unspecified atom stereocenters. The second-order valence-electron chi connectivity index (χ2n) is 4.09. The Hall–Kier alpha value is -1.05. The molecule has 1 aliphatic rings. The lowest BCUT2D eigenvalue weighted by molar-refractivity contribution is -0.177. The van der Waals surface area contributed by atoms with Crippen LogP contribution in [-0.2, 0) is 19.0 Å². The van der Waals surface area contributed by atoms with E-state index in [9.17, 15) is 4.79 Å². The standard InChI is InChI=1S/C12H18O4/c1-6-7(2)10-8(3)11(15-9(4)13)12(14-5)16-10/h1,7-8,10-12H,2-5H3/t7-,8+,10?,11-,12?/m0/s1. The van der Waals surface area contributed by atoms with Gasteiger partial charge in [0.2, 0.25) is 0 Å². The number of rotatable bonds is 3. The van der Waals surface area contributed by atoms with E-state index in [-0.39, 0.29) is 30.0 Å². The fourth-order valence-electron chi connectivity index (χ4n) is 2.00. The molecule has 0 amide bonds. The van der Waals surface area contributed by atoms with Gasteiger partial charge in [-0.3, -0.25) is 4.79 Å². The van der Waals surface area contributed by atoms with Gasteiger partial charge in [0.25, 0.3) is 0 Å². The van der Waals surface area contributed by atoms with Crippen LogP contribution in [0.15, 0.2) is 0 Å². The van der Waals surface area contributed by atoms with Gasteiger partial charge in [-0.15, -0.1) is 12.3 Å². The van der Waals surface area contributed by atoms with Crippen molar-refractivity contribution in [3.63, 3.8) is 0 Å². The van der Waals surface area contributed by atoms with E-state index in [1.165, 1.54) is 14.0 Å². The Morgan fingerprint density at radius 1 is 1.56 bits per heavy atom. The molecule has 0 saturated carbocycles. The third-order valence-electron chi connectivity index (χ3n) is 2.89. The molecule has 0 radical (unpaired) electrons. The van der Waals surface area contributed by atoms with E-state index in [1.807, 2.05) is 13.8 Å². The molecule has 0 bridgehead atoms. The van der Waals surface area contributed by atoms with Crippen molar-refractivity contribution in [2.75, 3.05) is 7.11 Å². The molecule has 1 fully saturated rings. The van der Waals surface area contributed by atoms with Gasteiger partial charge in [-0.2, -0.15) is 0 Å². The smallest absolute Gasteiger partial charge is 0.303 e. The number of ether oxygens (including phenoxy) is 3. The third kappa shape index (κ3) is 2.55. The van der Waals surface area contributed by atoms with Crippen molar-refractivity contribution >= 4 is 5.97 Å². The molecule has 0 aromatic carbocycles. The third-order valence-corrected chi connectivity index (χ3v) is 2.89. The Kier molecular flexibility index (Phi) is 4.34. The molecule has 4 heteroatoms. The summed E-state index contributed by atoms with van der Waals surface area (Å²) in [4.78, 5) is 11.0. The van der Waals surface area contributed by atoms with Crippen molar-refractivity contribution in [3.05, 3.63) is 0 Å². The SMILES string of the molecule is C#C[C@H](C)C1OC(OC)[C@@H](OC(C)=O)[C@@H]1C. The summed E-state index contributed by atoms with van der Waals surface area (Å²) < 4.78 is 16.0. The number of esters is 1. The molecule has 16 heavy (non-hydrogen) atoms. The van der Waals surface area contributed by atoms with Crippen LogP contribution in [0.2, 0.25) is 0 Å². The summed E-state index contributed by atoms with van der Waals surface area (Å²) >= 11 is 0. The van der Waals surface area contributed by atoms with Crippen molar-refractivity contribution in [2.24, 2.45) is 11.8 Å². The highest BCUT2D eigenvalue weighted by Gasteiger charge is 2.46. The van der Waals surface area contributed by atoms with Crippen molar-refractivity contribution in [3.8, 4) is 12.3 Å². The number of terminal acetylenes is 1. The van der Waals surface area contributed by atoms with Crippen molar-refractivity contribution < 1.29 is 19.0 Å². The molecule has 5 atom stereocenters. The number of hydrogen-bond donors (Lipinski definition) is 0. The summed E-state index contributed by atoms with van der Waals surface area (Å²) in [5.41, 5.74) is 0. The van der Waals surface area contributed by atoms with Gasteiger partial charge in [0.1, 0.15) is 0 Å². The van der Waals surface area contributed by atoms with E-state index in [2.05, 4.69) is 5.92 Å². The summed E-state index contributed by atoms with van der Waals surface area (Å²) in [6, 6.07) is 0. The van der Waals surface area contributed by atoms with E-state index in [0.717, 1.165) is 0 Å². The maximum absolute atomic E-state index is 11.0. The van der Waals surface area contributed by atoms with Crippen molar-refractivity contribution in [1.29, 1.82) is 0 Å². The van der Waals surface area contributed by atoms with Crippen LogP contribution in [0.4, 0.5) is 0 Å². The number of methoxy groups -OCH3 is 1. The average Bonchev–Trinajstić information content (AvgIpc) is 2.55. The second kappa shape index (κ2) is 5.33. The highest BCUT2D eigenvalue weighted by Crippen LogP contribution is 2.33. The summed E-state index contributed by atoms with van der Waals surface area (Å²) in [5.74, 6) is 2.29. The van der Waals surface area contributed by atoms with Crippen LogP contribution in [0.5, 0.6) is 0 Å². The van der Waals surface area contributed by atoms with E-state index in [1.54, 1.807) is 0 Å². The number of carbonyl (C=O) groups excluding carboxylic acids is 1. The quantitative estimate of drug-likeness (QED) is 0.535. The van der Waals surface area contributed by atoms with Gasteiger partial charge >= 0.3 is 5.97 Å². The zero-order valence-electron chi connectivity index (χ0n) is 10.1. The van der Waals surface area contributed by atoms with Gasteiger partial charge in [-0.05, 0) is 6.92 Å². The van der Waals surface area contributed by atoms with Crippen LogP contribution < -0.4 is 0 Å². The molecular formula is C12H18O4. The minimum absolute atomic E-state index is 0.0277. The van der Waals surface area contributed by atoms with E-state index in [4.69, 9.17) is 20.6 Å². The second-order valence-corrected chi connectivity index (χ2v) is 4.09. The van der Waals surface area contributed by atoms with Crippen LogP contribution in [0.1, 0.15) is 20.8 Å². The summed E-state index contributed by atoms with van der Waals surface area (Å²) in [7, 11) is 1.52. The number of carbonyl (C=O) groups is 1. The monoisotopic (exact) mass is 226 g/mol. The molecule has 1 aliphatic heterocycles. The van der Waals surface area contributed by atoms with E-state index in [0.29, 0.717) is 0 Å². The van der Waals surface area contributed by atoms with Crippen LogP contribution in [0.25, 0.3) is 0 Å². The Labute approximate surface area is 96.2 Å². The van der Waals surface area contributed by atoms with Crippen LogP contribution in [-0.4, -0.2) is 31.6 Å². The van der Waals surface area contributed by atoms with Crippen molar-refractivity contribution in [1.82, 2.24) is 0 Å². The lowest BCUT2D eigenvalue weighted by atomic mass is 9.92. The Morgan fingerprint density at radius 3 is 2.62 bits per heavy atom. The normalized spacial score (nSPS) is 35.4. The fourth-order valence-corrected chi connectivity index (χ4v) is 2.00. The maximum atomic E-state index is 11.0. The largest absolute Gasteiger partial charge is 0.457 e. The van der Waals surface area contributed by atoms with Gasteiger partial charge in [0, 0.05) is 25.9 Å². The highest BCUT2D eigenvalue weighted by molar-refractivity contribution is 5.66. The Morgan fingerprint density at radius 2 is 2.19 bits per heavy atom. The first kappa shape index (κ1) is 13.0. The van der Waals surface area contributed by atoms with Crippen LogP contribution in [0.3, 0.4) is 0 Å². The molecule has 1 heterocycles. The summed E-state index contributed by atoms with van der Waals surface area (Å²) in [5, 5.41) is 0. The van der Waals surface area contributed by atoms with Crippen molar-refractivity contribution in [2.45, 2.75) is 39.3 Å². The van der Waals surface area contributed by atoms with Crippen LogP contribution in [0, 0.1) is 24.2 Å². The Balaban J connectivity index is 2.77. The molecule has 0 N–H and O–H groups in total. The molecule has 90 valence electrons. The van der Waals surface area contributed by atoms with Gasteiger partial charge in [-0.25, -0.2) is 0 Å². The lowest BCUT2D eigenvalue weighted by Crippen LogP contribution is -2.32. The first-order valence-corrected chi connectivity index (χ1v) is 5.32. The highest BCUT2D eigenvalue weighted by atomic mass is 16.7. The molecule has 0 spiro atoms. The van der Waals surface area contributed by atoms with E-state index < -0.39 is 6.29 Å². The molecule has 0 aromatic heterocycles. The topological polar surface area (TPSA) is 44.8 Å². The Bertz CT molecular complexity index is 294. The predicted octanol–water partition coefficient (Wildman–Crippen LogP) is 1.19. The first-order chi connectivity index (χ1) is 7.51.